The predicted molar refractivity (Wildman–Crippen MR) is 56.7 cm³/mol. The summed E-state index contributed by atoms with van der Waals surface area (Å²) in [5, 5.41) is 13.6. The number of aliphatic hydroxyl groups is 1. The lowest BCUT2D eigenvalue weighted by Crippen LogP contribution is -2.00. The summed E-state index contributed by atoms with van der Waals surface area (Å²) < 4.78 is 1.71. The van der Waals surface area contributed by atoms with E-state index in [-0.39, 0.29) is 0 Å². The summed E-state index contributed by atoms with van der Waals surface area (Å²) >= 11 is 0. The van der Waals surface area contributed by atoms with Crippen LogP contribution in [0.2, 0.25) is 0 Å². The van der Waals surface area contributed by atoms with E-state index in [0.29, 0.717) is 0 Å². The standard InChI is InChI=1S/C11H13N3O/c1-8-5-6-14(13-8)11-4-3-10(7-12-11)9(2)15/h3-7,9,15H,1-2H3/t9-/m1/s1. The van der Waals surface area contributed by atoms with Crippen LogP contribution in [0.15, 0.2) is 30.6 Å². The Morgan fingerprint density at radius 3 is 2.60 bits per heavy atom. The SMILES string of the molecule is Cc1ccn(-c2ccc([C@@H](C)O)cn2)n1. The van der Waals surface area contributed by atoms with E-state index in [2.05, 4.69) is 10.1 Å². The summed E-state index contributed by atoms with van der Waals surface area (Å²) in [5.41, 5.74) is 1.76. The highest BCUT2D eigenvalue weighted by atomic mass is 16.3. The van der Waals surface area contributed by atoms with E-state index in [1.54, 1.807) is 17.8 Å². The molecule has 2 aromatic rings. The topological polar surface area (TPSA) is 50.9 Å². The number of hydrogen-bond acceptors (Lipinski definition) is 3. The van der Waals surface area contributed by atoms with Crippen molar-refractivity contribution in [1.29, 1.82) is 0 Å². The summed E-state index contributed by atoms with van der Waals surface area (Å²) in [6.07, 6.45) is 3.04. The third kappa shape index (κ3) is 2.05. The van der Waals surface area contributed by atoms with Crippen molar-refractivity contribution in [2.75, 3.05) is 0 Å². The Kier molecular flexibility index (Phi) is 2.51. The number of nitrogens with zero attached hydrogens (tertiary/aromatic N) is 3. The lowest BCUT2D eigenvalue weighted by molar-refractivity contribution is 0.199. The van der Waals surface area contributed by atoms with E-state index in [1.165, 1.54) is 0 Å². The molecular weight excluding hydrogens is 190 g/mol. The normalized spacial score (nSPS) is 12.7. The monoisotopic (exact) mass is 203 g/mol. The molecule has 1 N–H and O–H groups in total. The van der Waals surface area contributed by atoms with Crippen LogP contribution in [0.5, 0.6) is 0 Å². The summed E-state index contributed by atoms with van der Waals surface area (Å²) in [5.74, 6) is 0.757. The van der Waals surface area contributed by atoms with Crippen LogP contribution in [-0.2, 0) is 0 Å². The maximum absolute atomic E-state index is 9.33. The van der Waals surface area contributed by atoms with Crippen molar-refractivity contribution in [2.45, 2.75) is 20.0 Å². The second-order valence-corrected chi connectivity index (χ2v) is 3.53. The van der Waals surface area contributed by atoms with Crippen molar-refractivity contribution in [3.63, 3.8) is 0 Å². The predicted octanol–water partition coefficient (Wildman–Crippen LogP) is 1.63. The molecule has 1 atom stereocenters. The smallest absolute Gasteiger partial charge is 0.153 e. The molecule has 0 aliphatic rings. The summed E-state index contributed by atoms with van der Waals surface area (Å²) in [7, 11) is 0. The van der Waals surface area contributed by atoms with Gasteiger partial charge >= 0.3 is 0 Å². The van der Waals surface area contributed by atoms with Gasteiger partial charge in [-0.2, -0.15) is 5.10 Å². The Hall–Kier alpha value is -1.68. The minimum Gasteiger partial charge on any atom is -0.389 e. The van der Waals surface area contributed by atoms with Gasteiger partial charge in [0.25, 0.3) is 0 Å². The fraction of sp³-hybridized carbons (Fsp3) is 0.273. The molecule has 15 heavy (non-hydrogen) atoms. The Labute approximate surface area is 88.2 Å². The number of aromatic nitrogens is 3. The van der Waals surface area contributed by atoms with Crippen molar-refractivity contribution < 1.29 is 5.11 Å². The molecule has 0 fully saturated rings. The molecule has 0 bridgehead atoms. The molecule has 0 saturated heterocycles. The molecule has 4 nitrogen and oxygen atoms in total. The third-order valence-corrected chi connectivity index (χ3v) is 2.21. The van der Waals surface area contributed by atoms with E-state index >= 15 is 0 Å². The molecule has 0 aliphatic carbocycles. The lowest BCUT2D eigenvalue weighted by Gasteiger charge is -2.05. The molecule has 2 aromatic heterocycles. The van der Waals surface area contributed by atoms with Gasteiger partial charge in [0.15, 0.2) is 5.82 Å². The van der Waals surface area contributed by atoms with Gasteiger partial charge in [-0.25, -0.2) is 9.67 Å². The molecule has 0 unspecified atom stereocenters. The maximum atomic E-state index is 9.33. The van der Waals surface area contributed by atoms with E-state index in [0.717, 1.165) is 17.1 Å². The van der Waals surface area contributed by atoms with Gasteiger partial charge in [-0.15, -0.1) is 0 Å². The summed E-state index contributed by atoms with van der Waals surface area (Å²) in [6.45, 7) is 3.65. The molecule has 2 heterocycles. The van der Waals surface area contributed by atoms with Crippen molar-refractivity contribution in [1.82, 2.24) is 14.8 Å². The zero-order valence-corrected chi connectivity index (χ0v) is 8.75. The van der Waals surface area contributed by atoms with Gasteiger partial charge in [-0.05, 0) is 31.5 Å². The number of pyridine rings is 1. The van der Waals surface area contributed by atoms with Crippen molar-refractivity contribution in [3.8, 4) is 5.82 Å². The molecule has 2 rings (SSSR count). The molecule has 0 amide bonds. The largest absolute Gasteiger partial charge is 0.389 e. The van der Waals surface area contributed by atoms with E-state index in [9.17, 15) is 5.11 Å². The fourth-order valence-corrected chi connectivity index (χ4v) is 1.32. The maximum Gasteiger partial charge on any atom is 0.153 e. The highest BCUT2D eigenvalue weighted by Gasteiger charge is 2.03. The van der Waals surface area contributed by atoms with Crippen LogP contribution in [0.4, 0.5) is 0 Å². The van der Waals surface area contributed by atoms with Gasteiger partial charge in [0.2, 0.25) is 0 Å². The zero-order chi connectivity index (χ0) is 10.8. The van der Waals surface area contributed by atoms with Crippen molar-refractivity contribution >= 4 is 0 Å². The highest BCUT2D eigenvalue weighted by Crippen LogP contribution is 2.12. The second-order valence-electron chi connectivity index (χ2n) is 3.53. The number of aliphatic hydroxyl groups excluding tert-OH is 1. The van der Waals surface area contributed by atoms with Crippen LogP contribution in [0.1, 0.15) is 24.3 Å². The van der Waals surface area contributed by atoms with Crippen molar-refractivity contribution in [2.24, 2.45) is 0 Å². The molecule has 0 spiro atoms. The average Bonchev–Trinajstić information content (AvgIpc) is 2.65. The first-order valence-corrected chi connectivity index (χ1v) is 4.83. The lowest BCUT2D eigenvalue weighted by atomic mass is 10.2. The van der Waals surface area contributed by atoms with Crippen LogP contribution in [0.3, 0.4) is 0 Å². The average molecular weight is 203 g/mol. The van der Waals surface area contributed by atoms with Crippen LogP contribution >= 0.6 is 0 Å². The van der Waals surface area contributed by atoms with Crippen molar-refractivity contribution in [3.05, 3.63) is 41.9 Å². The van der Waals surface area contributed by atoms with Gasteiger partial charge < -0.3 is 5.11 Å². The van der Waals surface area contributed by atoms with E-state index in [1.807, 2.05) is 31.3 Å². The first-order chi connectivity index (χ1) is 7.16. The zero-order valence-electron chi connectivity index (χ0n) is 8.75. The first kappa shape index (κ1) is 9.86. The third-order valence-electron chi connectivity index (χ3n) is 2.21. The molecule has 0 aliphatic heterocycles. The Balaban J connectivity index is 2.31. The van der Waals surface area contributed by atoms with Gasteiger partial charge in [0.1, 0.15) is 0 Å². The summed E-state index contributed by atoms with van der Waals surface area (Å²) in [4.78, 5) is 4.22. The number of rotatable bonds is 2. The summed E-state index contributed by atoms with van der Waals surface area (Å²) in [6, 6.07) is 5.61. The number of aryl methyl sites for hydroxylation is 1. The number of hydrogen-bond donors (Lipinski definition) is 1. The van der Waals surface area contributed by atoms with E-state index in [4.69, 9.17) is 0 Å². The molecule has 0 saturated carbocycles. The molecule has 0 aromatic carbocycles. The Bertz CT molecular complexity index is 445. The minimum absolute atomic E-state index is 0.481. The van der Waals surface area contributed by atoms with Crippen LogP contribution in [0, 0.1) is 6.92 Å². The second kappa shape index (κ2) is 3.82. The van der Waals surface area contributed by atoms with Gasteiger partial charge in [0.05, 0.1) is 11.8 Å². The molecule has 4 heteroatoms. The van der Waals surface area contributed by atoms with Gasteiger partial charge in [0, 0.05) is 12.4 Å². The highest BCUT2D eigenvalue weighted by molar-refractivity contribution is 5.25. The Morgan fingerprint density at radius 1 is 1.33 bits per heavy atom. The Morgan fingerprint density at radius 2 is 2.13 bits per heavy atom. The van der Waals surface area contributed by atoms with Gasteiger partial charge in [-0.1, -0.05) is 6.07 Å². The van der Waals surface area contributed by atoms with Crippen LogP contribution in [-0.4, -0.2) is 19.9 Å². The van der Waals surface area contributed by atoms with Gasteiger partial charge in [-0.3, -0.25) is 0 Å². The molecular formula is C11H13N3O. The minimum atomic E-state index is -0.481. The fourth-order valence-electron chi connectivity index (χ4n) is 1.32. The molecule has 0 radical (unpaired) electrons. The van der Waals surface area contributed by atoms with Crippen LogP contribution in [0.25, 0.3) is 5.82 Å². The van der Waals surface area contributed by atoms with Crippen LogP contribution < -0.4 is 0 Å². The quantitative estimate of drug-likeness (QED) is 0.807. The first-order valence-electron chi connectivity index (χ1n) is 4.83. The van der Waals surface area contributed by atoms with E-state index < -0.39 is 6.10 Å². The molecule has 78 valence electrons.